The number of methoxy groups -OCH3 is 1. The van der Waals surface area contributed by atoms with Crippen LogP contribution < -0.4 is 4.74 Å². The maximum Gasteiger partial charge on any atom is 0.118 e. The van der Waals surface area contributed by atoms with Gasteiger partial charge in [-0.1, -0.05) is 19.1 Å². The van der Waals surface area contributed by atoms with Crippen molar-refractivity contribution in [1.29, 1.82) is 0 Å². The Balaban J connectivity index is 1.92. The molecule has 0 N–H and O–H groups in total. The fraction of sp³-hybridized carbons (Fsp3) is 0.538. The van der Waals surface area contributed by atoms with Crippen LogP contribution in [0.15, 0.2) is 24.3 Å². The van der Waals surface area contributed by atoms with Crippen molar-refractivity contribution in [2.24, 2.45) is 5.92 Å². The average Bonchev–Trinajstić information content (AvgIpc) is 2.97. The minimum atomic E-state index is 0.457. The topological polar surface area (TPSA) is 21.8 Å². The van der Waals surface area contributed by atoms with Crippen LogP contribution in [0.25, 0.3) is 0 Å². The SMILES string of the molecule is COc1ccc(CC(C)C2OC2C)cc1. The Labute approximate surface area is 91.2 Å². The summed E-state index contributed by atoms with van der Waals surface area (Å²) in [5.74, 6) is 1.52. The number of rotatable bonds is 4. The lowest BCUT2D eigenvalue weighted by molar-refractivity contribution is 0.328. The second-order valence-corrected chi connectivity index (χ2v) is 4.34. The first-order valence-electron chi connectivity index (χ1n) is 5.49. The third kappa shape index (κ3) is 2.51. The summed E-state index contributed by atoms with van der Waals surface area (Å²) in [6, 6.07) is 8.28. The van der Waals surface area contributed by atoms with Crippen LogP contribution in [0.4, 0.5) is 0 Å². The maximum atomic E-state index is 5.47. The van der Waals surface area contributed by atoms with Gasteiger partial charge < -0.3 is 9.47 Å². The Morgan fingerprint density at radius 2 is 1.93 bits per heavy atom. The van der Waals surface area contributed by atoms with Gasteiger partial charge in [0, 0.05) is 0 Å². The summed E-state index contributed by atoms with van der Waals surface area (Å²) in [6.07, 6.45) is 2.00. The third-order valence-electron chi connectivity index (χ3n) is 3.04. The number of hydrogen-bond donors (Lipinski definition) is 0. The zero-order valence-electron chi connectivity index (χ0n) is 9.57. The van der Waals surface area contributed by atoms with Crippen LogP contribution in [0.5, 0.6) is 5.75 Å². The van der Waals surface area contributed by atoms with Crippen LogP contribution >= 0.6 is 0 Å². The molecule has 2 nitrogen and oxygen atoms in total. The van der Waals surface area contributed by atoms with Gasteiger partial charge in [0.15, 0.2) is 0 Å². The van der Waals surface area contributed by atoms with E-state index in [1.54, 1.807) is 7.11 Å². The van der Waals surface area contributed by atoms with Gasteiger partial charge in [0.25, 0.3) is 0 Å². The molecule has 1 aliphatic rings. The highest BCUT2D eigenvalue weighted by Gasteiger charge is 2.38. The van der Waals surface area contributed by atoms with E-state index in [2.05, 4.69) is 26.0 Å². The van der Waals surface area contributed by atoms with Crippen molar-refractivity contribution in [2.45, 2.75) is 32.5 Å². The highest BCUT2D eigenvalue weighted by Crippen LogP contribution is 2.31. The lowest BCUT2D eigenvalue weighted by Crippen LogP contribution is -2.08. The van der Waals surface area contributed by atoms with Crippen molar-refractivity contribution < 1.29 is 9.47 Å². The molecule has 1 aromatic carbocycles. The molecule has 0 spiro atoms. The van der Waals surface area contributed by atoms with E-state index >= 15 is 0 Å². The minimum Gasteiger partial charge on any atom is -0.497 e. The van der Waals surface area contributed by atoms with Gasteiger partial charge in [0.2, 0.25) is 0 Å². The summed E-state index contributed by atoms with van der Waals surface area (Å²) in [5.41, 5.74) is 1.35. The molecule has 2 rings (SSSR count). The molecule has 0 bridgehead atoms. The second-order valence-electron chi connectivity index (χ2n) is 4.34. The largest absolute Gasteiger partial charge is 0.497 e. The number of ether oxygens (including phenoxy) is 2. The molecule has 0 saturated carbocycles. The average molecular weight is 206 g/mol. The molecule has 0 amide bonds. The molecule has 1 saturated heterocycles. The molecule has 1 fully saturated rings. The molecule has 0 aromatic heterocycles. The van der Waals surface area contributed by atoms with Crippen LogP contribution in [-0.2, 0) is 11.2 Å². The van der Waals surface area contributed by atoms with Gasteiger partial charge in [0.1, 0.15) is 5.75 Å². The molecule has 82 valence electrons. The van der Waals surface area contributed by atoms with Crippen molar-refractivity contribution in [3.05, 3.63) is 29.8 Å². The summed E-state index contributed by atoms with van der Waals surface area (Å²) in [7, 11) is 1.69. The molecule has 1 aliphatic heterocycles. The van der Waals surface area contributed by atoms with E-state index in [-0.39, 0.29) is 0 Å². The molecular weight excluding hydrogens is 188 g/mol. The van der Waals surface area contributed by atoms with Crippen LogP contribution in [0.3, 0.4) is 0 Å². The second kappa shape index (κ2) is 4.23. The molecule has 1 heterocycles. The van der Waals surface area contributed by atoms with Crippen molar-refractivity contribution in [1.82, 2.24) is 0 Å². The first-order chi connectivity index (χ1) is 7.20. The van der Waals surface area contributed by atoms with Crippen LogP contribution in [0.1, 0.15) is 19.4 Å². The highest BCUT2D eigenvalue weighted by atomic mass is 16.6. The molecule has 0 aliphatic carbocycles. The maximum absolute atomic E-state index is 5.47. The van der Waals surface area contributed by atoms with E-state index in [0.717, 1.165) is 12.2 Å². The first-order valence-corrected chi connectivity index (χ1v) is 5.49. The van der Waals surface area contributed by atoms with Gasteiger partial charge in [-0.05, 0) is 37.0 Å². The number of epoxide rings is 1. The van der Waals surface area contributed by atoms with Gasteiger partial charge >= 0.3 is 0 Å². The molecule has 2 heteroatoms. The predicted octanol–water partition coefficient (Wildman–Crippen LogP) is 2.66. The first kappa shape index (κ1) is 10.5. The standard InChI is InChI=1S/C13H18O2/c1-9(13-10(2)15-13)8-11-4-6-12(14-3)7-5-11/h4-7,9-10,13H,8H2,1-3H3. The van der Waals surface area contributed by atoms with Crippen LogP contribution in [-0.4, -0.2) is 19.3 Å². The van der Waals surface area contributed by atoms with Gasteiger partial charge in [-0.25, -0.2) is 0 Å². The monoisotopic (exact) mass is 206 g/mol. The van der Waals surface area contributed by atoms with Crippen LogP contribution in [0.2, 0.25) is 0 Å². The molecule has 3 atom stereocenters. The smallest absolute Gasteiger partial charge is 0.118 e. The Morgan fingerprint density at radius 3 is 2.40 bits per heavy atom. The van der Waals surface area contributed by atoms with Crippen molar-refractivity contribution in [3.63, 3.8) is 0 Å². The molecule has 1 aromatic rings. The molecule has 15 heavy (non-hydrogen) atoms. The van der Waals surface area contributed by atoms with E-state index < -0.39 is 0 Å². The number of benzene rings is 1. The molecule has 0 radical (unpaired) electrons. The van der Waals surface area contributed by atoms with Crippen LogP contribution in [0, 0.1) is 5.92 Å². The zero-order chi connectivity index (χ0) is 10.8. The summed E-state index contributed by atoms with van der Waals surface area (Å²) >= 11 is 0. The van der Waals surface area contributed by atoms with Gasteiger partial charge in [-0.15, -0.1) is 0 Å². The van der Waals surface area contributed by atoms with Gasteiger partial charge in [-0.2, -0.15) is 0 Å². The summed E-state index contributed by atoms with van der Waals surface area (Å²) in [5, 5.41) is 0. The fourth-order valence-electron chi connectivity index (χ4n) is 2.05. The van der Waals surface area contributed by atoms with E-state index in [9.17, 15) is 0 Å². The van der Waals surface area contributed by atoms with Crippen molar-refractivity contribution in [2.75, 3.05) is 7.11 Å². The Hall–Kier alpha value is -1.02. The normalized spacial score (nSPS) is 26.1. The van der Waals surface area contributed by atoms with E-state index in [1.165, 1.54) is 5.56 Å². The molecule has 3 unspecified atom stereocenters. The summed E-state index contributed by atoms with van der Waals surface area (Å²) < 4.78 is 10.6. The quantitative estimate of drug-likeness (QED) is 0.706. The number of hydrogen-bond acceptors (Lipinski definition) is 2. The lowest BCUT2D eigenvalue weighted by atomic mass is 9.97. The summed E-state index contributed by atoms with van der Waals surface area (Å²) in [4.78, 5) is 0. The minimum absolute atomic E-state index is 0.457. The molecular formula is C13H18O2. The van der Waals surface area contributed by atoms with E-state index in [0.29, 0.717) is 18.1 Å². The van der Waals surface area contributed by atoms with Gasteiger partial charge in [-0.3, -0.25) is 0 Å². The Morgan fingerprint density at radius 1 is 1.33 bits per heavy atom. The lowest BCUT2D eigenvalue weighted by Gasteiger charge is -2.08. The van der Waals surface area contributed by atoms with Gasteiger partial charge in [0.05, 0.1) is 19.3 Å². The fourth-order valence-corrected chi connectivity index (χ4v) is 2.05. The van der Waals surface area contributed by atoms with Crippen molar-refractivity contribution >= 4 is 0 Å². The Bertz CT molecular complexity index is 318. The summed E-state index contributed by atoms with van der Waals surface area (Å²) in [6.45, 7) is 4.38. The van der Waals surface area contributed by atoms with E-state index in [4.69, 9.17) is 9.47 Å². The van der Waals surface area contributed by atoms with E-state index in [1.807, 2.05) is 12.1 Å². The third-order valence-corrected chi connectivity index (χ3v) is 3.04. The predicted molar refractivity (Wildman–Crippen MR) is 60.2 cm³/mol. The Kier molecular flexibility index (Phi) is 2.96. The zero-order valence-corrected chi connectivity index (χ0v) is 9.57. The highest BCUT2D eigenvalue weighted by molar-refractivity contribution is 5.27. The van der Waals surface area contributed by atoms with Crippen molar-refractivity contribution in [3.8, 4) is 5.75 Å².